The summed E-state index contributed by atoms with van der Waals surface area (Å²) >= 11 is 0. The molecule has 4 heteroatoms. The molecule has 21 heavy (non-hydrogen) atoms. The molecule has 2 N–H and O–H groups in total. The lowest BCUT2D eigenvalue weighted by Crippen LogP contribution is -2.64. The SMILES string of the molecule is CC(C)CC1CN(C(=O)Nc2ccccc2)C(C)(C)CN1. The molecule has 0 bridgehead atoms. The van der Waals surface area contributed by atoms with Crippen LogP contribution in [-0.4, -0.2) is 35.6 Å². The topological polar surface area (TPSA) is 44.4 Å². The number of para-hydroxylation sites is 1. The van der Waals surface area contributed by atoms with Gasteiger partial charge in [-0.3, -0.25) is 0 Å². The molecule has 116 valence electrons. The van der Waals surface area contributed by atoms with Crippen LogP contribution < -0.4 is 10.6 Å². The van der Waals surface area contributed by atoms with Gasteiger partial charge in [0.2, 0.25) is 0 Å². The van der Waals surface area contributed by atoms with Gasteiger partial charge in [0.05, 0.1) is 5.54 Å². The molecule has 1 atom stereocenters. The number of carbonyl (C=O) groups excluding carboxylic acids is 1. The number of carbonyl (C=O) groups is 1. The first-order valence-electron chi connectivity index (χ1n) is 7.75. The highest BCUT2D eigenvalue weighted by Gasteiger charge is 2.37. The molecule has 2 amide bonds. The summed E-state index contributed by atoms with van der Waals surface area (Å²) in [7, 11) is 0. The first kappa shape index (κ1) is 15.8. The van der Waals surface area contributed by atoms with E-state index in [1.165, 1.54) is 0 Å². The Bertz CT molecular complexity index is 470. The standard InChI is InChI=1S/C17H27N3O/c1-13(2)10-15-11-20(17(3,4)12-18-15)16(21)19-14-8-6-5-7-9-14/h5-9,13,15,18H,10-12H2,1-4H3,(H,19,21). The summed E-state index contributed by atoms with van der Waals surface area (Å²) in [6.07, 6.45) is 1.09. The molecule has 1 aliphatic heterocycles. The minimum Gasteiger partial charge on any atom is -0.317 e. The third kappa shape index (κ3) is 4.21. The highest BCUT2D eigenvalue weighted by Crippen LogP contribution is 2.22. The van der Waals surface area contributed by atoms with Crippen LogP contribution in [0.1, 0.15) is 34.1 Å². The van der Waals surface area contributed by atoms with E-state index < -0.39 is 0 Å². The zero-order chi connectivity index (χ0) is 15.5. The lowest BCUT2D eigenvalue weighted by atomic mass is 9.94. The zero-order valence-electron chi connectivity index (χ0n) is 13.5. The normalized spacial score (nSPS) is 21.4. The monoisotopic (exact) mass is 289 g/mol. The molecule has 1 heterocycles. The third-order valence-corrected chi connectivity index (χ3v) is 3.98. The maximum Gasteiger partial charge on any atom is 0.322 e. The number of benzene rings is 1. The predicted molar refractivity (Wildman–Crippen MR) is 87.5 cm³/mol. The Balaban J connectivity index is 2.05. The fraction of sp³-hybridized carbons (Fsp3) is 0.588. The number of nitrogens with one attached hydrogen (secondary N) is 2. The van der Waals surface area contributed by atoms with E-state index in [1.54, 1.807) is 0 Å². The molecule has 0 spiro atoms. The van der Waals surface area contributed by atoms with Crippen LogP contribution in [-0.2, 0) is 0 Å². The van der Waals surface area contributed by atoms with E-state index in [-0.39, 0.29) is 11.6 Å². The summed E-state index contributed by atoms with van der Waals surface area (Å²) in [4.78, 5) is 14.6. The van der Waals surface area contributed by atoms with Gasteiger partial charge in [0.1, 0.15) is 0 Å². The fourth-order valence-electron chi connectivity index (χ4n) is 2.82. The summed E-state index contributed by atoms with van der Waals surface area (Å²) in [5, 5.41) is 6.57. The van der Waals surface area contributed by atoms with Crippen LogP contribution in [0, 0.1) is 5.92 Å². The lowest BCUT2D eigenvalue weighted by Gasteiger charge is -2.46. The number of hydrogen-bond acceptors (Lipinski definition) is 2. The highest BCUT2D eigenvalue weighted by atomic mass is 16.2. The van der Waals surface area contributed by atoms with Crippen LogP contribution in [0.15, 0.2) is 30.3 Å². The molecular formula is C17H27N3O. The zero-order valence-corrected chi connectivity index (χ0v) is 13.5. The summed E-state index contributed by atoms with van der Waals surface area (Å²) in [5.74, 6) is 0.628. The van der Waals surface area contributed by atoms with Crippen LogP contribution in [0.4, 0.5) is 10.5 Å². The van der Waals surface area contributed by atoms with Crippen LogP contribution in [0.3, 0.4) is 0 Å². The van der Waals surface area contributed by atoms with Crippen molar-refractivity contribution in [1.29, 1.82) is 0 Å². The van der Waals surface area contributed by atoms with Crippen molar-refractivity contribution in [3.8, 4) is 0 Å². The molecule has 0 saturated carbocycles. The molecule has 2 rings (SSSR count). The number of amides is 2. The first-order valence-corrected chi connectivity index (χ1v) is 7.75. The van der Waals surface area contributed by atoms with Crippen molar-refractivity contribution in [1.82, 2.24) is 10.2 Å². The molecule has 1 aliphatic rings. The molecule has 0 radical (unpaired) electrons. The number of urea groups is 1. The van der Waals surface area contributed by atoms with Crippen LogP contribution in [0.2, 0.25) is 0 Å². The number of anilines is 1. The molecule has 1 unspecified atom stereocenters. The van der Waals surface area contributed by atoms with E-state index in [9.17, 15) is 4.79 Å². The largest absolute Gasteiger partial charge is 0.322 e. The van der Waals surface area contributed by atoms with Gasteiger partial charge in [-0.15, -0.1) is 0 Å². The van der Waals surface area contributed by atoms with Crippen molar-refractivity contribution in [3.63, 3.8) is 0 Å². The van der Waals surface area contributed by atoms with E-state index in [0.29, 0.717) is 12.0 Å². The van der Waals surface area contributed by atoms with Gasteiger partial charge in [-0.25, -0.2) is 4.79 Å². The second-order valence-electron chi connectivity index (χ2n) is 6.93. The third-order valence-electron chi connectivity index (χ3n) is 3.98. The summed E-state index contributed by atoms with van der Waals surface area (Å²) in [5.41, 5.74) is 0.670. The molecule has 1 aromatic rings. The molecule has 0 aromatic heterocycles. The average Bonchev–Trinajstić information content (AvgIpc) is 2.41. The minimum absolute atomic E-state index is 0.0125. The number of rotatable bonds is 3. The Morgan fingerprint density at radius 3 is 2.67 bits per heavy atom. The van der Waals surface area contributed by atoms with E-state index in [2.05, 4.69) is 38.3 Å². The van der Waals surface area contributed by atoms with Crippen LogP contribution in [0.25, 0.3) is 0 Å². The minimum atomic E-state index is -0.174. The van der Waals surface area contributed by atoms with Crippen LogP contribution >= 0.6 is 0 Å². The maximum absolute atomic E-state index is 12.6. The van der Waals surface area contributed by atoms with Gasteiger partial charge in [0.25, 0.3) is 0 Å². The van der Waals surface area contributed by atoms with Gasteiger partial charge < -0.3 is 15.5 Å². The van der Waals surface area contributed by atoms with Gasteiger partial charge in [0, 0.05) is 24.8 Å². The van der Waals surface area contributed by atoms with E-state index in [4.69, 9.17) is 0 Å². The Hall–Kier alpha value is -1.55. The van der Waals surface area contributed by atoms with Crippen LogP contribution in [0.5, 0.6) is 0 Å². The van der Waals surface area contributed by atoms with Gasteiger partial charge >= 0.3 is 6.03 Å². The summed E-state index contributed by atoms with van der Waals surface area (Å²) in [6.45, 7) is 10.2. The first-order chi connectivity index (χ1) is 9.88. The molecule has 1 saturated heterocycles. The molecular weight excluding hydrogens is 262 g/mol. The van der Waals surface area contributed by atoms with Crippen molar-refractivity contribution < 1.29 is 4.79 Å². The van der Waals surface area contributed by atoms with E-state index in [1.807, 2.05) is 35.2 Å². The number of hydrogen-bond donors (Lipinski definition) is 2. The average molecular weight is 289 g/mol. The maximum atomic E-state index is 12.6. The fourth-order valence-corrected chi connectivity index (χ4v) is 2.82. The molecule has 1 fully saturated rings. The predicted octanol–water partition coefficient (Wildman–Crippen LogP) is 3.32. The van der Waals surface area contributed by atoms with E-state index >= 15 is 0 Å². The van der Waals surface area contributed by atoms with Gasteiger partial charge in [-0.05, 0) is 38.3 Å². The van der Waals surface area contributed by atoms with E-state index in [0.717, 1.165) is 25.2 Å². The molecule has 4 nitrogen and oxygen atoms in total. The summed E-state index contributed by atoms with van der Waals surface area (Å²) in [6, 6.07) is 10.0. The molecule has 1 aromatic carbocycles. The van der Waals surface area contributed by atoms with Crippen molar-refractivity contribution in [2.24, 2.45) is 5.92 Å². The quantitative estimate of drug-likeness (QED) is 0.896. The Labute approximate surface area is 127 Å². The Morgan fingerprint density at radius 1 is 1.38 bits per heavy atom. The second kappa shape index (κ2) is 6.48. The van der Waals surface area contributed by atoms with Gasteiger partial charge in [0.15, 0.2) is 0 Å². The number of piperazine rings is 1. The lowest BCUT2D eigenvalue weighted by molar-refractivity contribution is 0.0955. The van der Waals surface area contributed by atoms with Crippen molar-refractivity contribution in [2.75, 3.05) is 18.4 Å². The van der Waals surface area contributed by atoms with Crippen molar-refractivity contribution in [2.45, 2.75) is 45.7 Å². The Morgan fingerprint density at radius 2 is 2.05 bits per heavy atom. The van der Waals surface area contributed by atoms with Crippen molar-refractivity contribution in [3.05, 3.63) is 30.3 Å². The van der Waals surface area contributed by atoms with Gasteiger partial charge in [-0.1, -0.05) is 32.0 Å². The second-order valence-corrected chi connectivity index (χ2v) is 6.93. The highest BCUT2D eigenvalue weighted by molar-refractivity contribution is 5.89. The summed E-state index contributed by atoms with van der Waals surface area (Å²) < 4.78 is 0. The molecule has 0 aliphatic carbocycles. The Kier molecular flexibility index (Phi) is 4.88. The smallest absolute Gasteiger partial charge is 0.317 e. The van der Waals surface area contributed by atoms with Gasteiger partial charge in [-0.2, -0.15) is 0 Å². The number of nitrogens with zero attached hydrogens (tertiary/aromatic N) is 1. The van der Waals surface area contributed by atoms with Crippen molar-refractivity contribution >= 4 is 11.7 Å².